The SMILES string of the molecule is COc1cc([C@](C)(O)C#Cc2ccccc2)cc(OC)c1OC. The molecule has 0 heterocycles. The van der Waals surface area contributed by atoms with Gasteiger partial charge in [-0.2, -0.15) is 0 Å². The van der Waals surface area contributed by atoms with Crippen molar-refractivity contribution in [2.24, 2.45) is 0 Å². The average Bonchev–Trinajstić information content (AvgIpc) is 2.59. The molecule has 120 valence electrons. The van der Waals surface area contributed by atoms with Gasteiger partial charge in [0.05, 0.1) is 21.3 Å². The molecule has 0 saturated carbocycles. The molecule has 0 saturated heterocycles. The Morgan fingerprint density at radius 3 is 1.96 bits per heavy atom. The first-order valence-corrected chi connectivity index (χ1v) is 7.13. The number of ether oxygens (including phenoxy) is 3. The number of hydrogen-bond acceptors (Lipinski definition) is 4. The van der Waals surface area contributed by atoms with E-state index in [1.165, 1.54) is 21.3 Å². The molecule has 2 aromatic carbocycles. The van der Waals surface area contributed by atoms with Crippen LogP contribution in [0.15, 0.2) is 42.5 Å². The average molecular weight is 312 g/mol. The predicted octanol–water partition coefficient (Wildman–Crippen LogP) is 2.97. The summed E-state index contributed by atoms with van der Waals surface area (Å²) in [6, 6.07) is 12.9. The minimum absolute atomic E-state index is 0.476. The first-order valence-electron chi connectivity index (χ1n) is 7.13. The second-order valence-electron chi connectivity index (χ2n) is 5.10. The van der Waals surface area contributed by atoms with Gasteiger partial charge in [-0.25, -0.2) is 0 Å². The van der Waals surface area contributed by atoms with Gasteiger partial charge in [-0.3, -0.25) is 0 Å². The Morgan fingerprint density at radius 1 is 0.913 bits per heavy atom. The molecule has 0 fully saturated rings. The predicted molar refractivity (Wildman–Crippen MR) is 89.0 cm³/mol. The van der Waals surface area contributed by atoms with Gasteiger partial charge >= 0.3 is 0 Å². The van der Waals surface area contributed by atoms with Crippen LogP contribution in [0.5, 0.6) is 17.2 Å². The third-order valence-corrected chi connectivity index (χ3v) is 3.45. The van der Waals surface area contributed by atoms with Gasteiger partial charge in [0, 0.05) is 11.1 Å². The molecule has 0 unspecified atom stereocenters. The van der Waals surface area contributed by atoms with Crippen LogP contribution in [0.3, 0.4) is 0 Å². The van der Waals surface area contributed by atoms with Gasteiger partial charge in [0.15, 0.2) is 11.5 Å². The highest BCUT2D eigenvalue weighted by molar-refractivity contribution is 5.56. The van der Waals surface area contributed by atoms with E-state index in [-0.39, 0.29) is 0 Å². The van der Waals surface area contributed by atoms with Crippen LogP contribution in [0.4, 0.5) is 0 Å². The first kappa shape index (κ1) is 16.7. The molecular weight excluding hydrogens is 292 g/mol. The van der Waals surface area contributed by atoms with Gasteiger partial charge in [0.2, 0.25) is 5.75 Å². The molecule has 4 heteroatoms. The van der Waals surface area contributed by atoms with E-state index >= 15 is 0 Å². The van der Waals surface area contributed by atoms with E-state index in [1.54, 1.807) is 19.1 Å². The van der Waals surface area contributed by atoms with Gasteiger partial charge in [-0.15, -0.1) is 0 Å². The minimum Gasteiger partial charge on any atom is -0.493 e. The quantitative estimate of drug-likeness (QED) is 0.882. The van der Waals surface area contributed by atoms with E-state index < -0.39 is 5.60 Å². The van der Waals surface area contributed by atoms with E-state index in [1.807, 2.05) is 30.3 Å². The lowest BCUT2D eigenvalue weighted by Gasteiger charge is -2.20. The Kier molecular flexibility index (Phi) is 5.15. The zero-order valence-electron chi connectivity index (χ0n) is 13.7. The van der Waals surface area contributed by atoms with Crippen molar-refractivity contribution in [3.8, 4) is 29.1 Å². The Bertz CT molecular complexity index is 699. The Labute approximate surface area is 136 Å². The highest BCUT2D eigenvalue weighted by Gasteiger charge is 2.25. The molecule has 0 bridgehead atoms. The molecule has 4 nitrogen and oxygen atoms in total. The van der Waals surface area contributed by atoms with E-state index in [2.05, 4.69) is 11.8 Å². The molecule has 0 spiro atoms. The summed E-state index contributed by atoms with van der Waals surface area (Å²) >= 11 is 0. The second kappa shape index (κ2) is 7.08. The fraction of sp³-hybridized carbons (Fsp3) is 0.263. The van der Waals surface area contributed by atoms with Crippen LogP contribution in [0.1, 0.15) is 18.1 Å². The van der Waals surface area contributed by atoms with Crippen molar-refractivity contribution in [1.29, 1.82) is 0 Å². The third-order valence-electron chi connectivity index (χ3n) is 3.45. The van der Waals surface area contributed by atoms with Gasteiger partial charge in [-0.1, -0.05) is 30.0 Å². The molecular formula is C19H20O4. The van der Waals surface area contributed by atoms with Gasteiger partial charge < -0.3 is 19.3 Å². The number of rotatable bonds is 4. The molecule has 0 amide bonds. The largest absolute Gasteiger partial charge is 0.493 e. The van der Waals surface area contributed by atoms with Crippen molar-refractivity contribution in [1.82, 2.24) is 0 Å². The lowest BCUT2D eigenvalue weighted by Crippen LogP contribution is -2.19. The van der Waals surface area contributed by atoms with Crippen molar-refractivity contribution in [3.05, 3.63) is 53.6 Å². The van der Waals surface area contributed by atoms with Gasteiger partial charge in [0.1, 0.15) is 5.60 Å². The number of hydrogen-bond donors (Lipinski definition) is 1. The molecule has 2 aromatic rings. The molecule has 2 rings (SSSR count). The molecule has 0 radical (unpaired) electrons. The van der Waals surface area contributed by atoms with Crippen LogP contribution >= 0.6 is 0 Å². The van der Waals surface area contributed by atoms with Crippen LogP contribution in [0.2, 0.25) is 0 Å². The minimum atomic E-state index is -1.36. The van der Waals surface area contributed by atoms with Crippen LogP contribution < -0.4 is 14.2 Å². The molecule has 23 heavy (non-hydrogen) atoms. The maximum Gasteiger partial charge on any atom is 0.203 e. The second-order valence-corrected chi connectivity index (χ2v) is 5.10. The van der Waals surface area contributed by atoms with Crippen molar-refractivity contribution in [2.75, 3.05) is 21.3 Å². The highest BCUT2D eigenvalue weighted by Crippen LogP contribution is 2.40. The monoisotopic (exact) mass is 312 g/mol. The Balaban J connectivity index is 2.45. The summed E-state index contributed by atoms with van der Waals surface area (Å²) in [7, 11) is 4.60. The molecule has 0 aliphatic carbocycles. The van der Waals surface area contributed by atoms with Crippen LogP contribution in [-0.4, -0.2) is 26.4 Å². The van der Waals surface area contributed by atoms with Gasteiger partial charge in [0.25, 0.3) is 0 Å². The summed E-state index contributed by atoms with van der Waals surface area (Å²) in [4.78, 5) is 0. The fourth-order valence-corrected chi connectivity index (χ4v) is 2.15. The Hall–Kier alpha value is -2.64. The molecule has 0 aromatic heterocycles. The molecule has 0 aliphatic rings. The molecule has 0 aliphatic heterocycles. The van der Waals surface area contributed by atoms with Crippen LogP contribution in [-0.2, 0) is 5.60 Å². The van der Waals surface area contributed by atoms with Gasteiger partial charge in [-0.05, 0) is 31.2 Å². The van der Waals surface area contributed by atoms with Crippen molar-refractivity contribution in [3.63, 3.8) is 0 Å². The first-order chi connectivity index (χ1) is 11.0. The van der Waals surface area contributed by atoms with E-state index in [0.29, 0.717) is 22.8 Å². The van der Waals surface area contributed by atoms with Crippen molar-refractivity contribution in [2.45, 2.75) is 12.5 Å². The molecule has 1 N–H and O–H groups in total. The van der Waals surface area contributed by atoms with Crippen LogP contribution in [0.25, 0.3) is 0 Å². The number of methoxy groups -OCH3 is 3. The number of aliphatic hydroxyl groups is 1. The summed E-state index contributed by atoms with van der Waals surface area (Å²) in [5.41, 5.74) is 0.0403. The lowest BCUT2D eigenvalue weighted by atomic mass is 9.95. The summed E-state index contributed by atoms with van der Waals surface area (Å²) in [6.45, 7) is 1.63. The lowest BCUT2D eigenvalue weighted by molar-refractivity contribution is 0.121. The van der Waals surface area contributed by atoms with Crippen molar-refractivity contribution >= 4 is 0 Å². The molecule has 1 atom stereocenters. The van der Waals surface area contributed by atoms with E-state index in [0.717, 1.165) is 5.56 Å². The normalized spacial score (nSPS) is 12.6. The highest BCUT2D eigenvalue weighted by atomic mass is 16.5. The smallest absolute Gasteiger partial charge is 0.203 e. The fourth-order valence-electron chi connectivity index (χ4n) is 2.15. The summed E-state index contributed by atoms with van der Waals surface area (Å²) in [6.07, 6.45) is 0. The summed E-state index contributed by atoms with van der Waals surface area (Å²) < 4.78 is 15.9. The van der Waals surface area contributed by atoms with Crippen LogP contribution in [0, 0.1) is 11.8 Å². The maximum absolute atomic E-state index is 10.7. The summed E-state index contributed by atoms with van der Waals surface area (Å²) in [5.74, 6) is 7.29. The zero-order valence-corrected chi connectivity index (χ0v) is 13.7. The van der Waals surface area contributed by atoms with E-state index in [9.17, 15) is 5.11 Å². The number of benzene rings is 2. The Morgan fingerprint density at radius 2 is 1.48 bits per heavy atom. The maximum atomic E-state index is 10.7. The standard InChI is InChI=1S/C19H20O4/c1-19(20,11-10-14-8-6-5-7-9-14)15-12-16(21-2)18(23-4)17(13-15)22-3/h5-9,12-13,20H,1-4H3/t19-/m1/s1. The van der Waals surface area contributed by atoms with Crippen molar-refractivity contribution < 1.29 is 19.3 Å². The zero-order chi connectivity index (χ0) is 16.9. The van der Waals surface area contributed by atoms with E-state index in [4.69, 9.17) is 14.2 Å². The topological polar surface area (TPSA) is 47.9 Å². The summed E-state index contributed by atoms with van der Waals surface area (Å²) in [5, 5.41) is 10.7. The third kappa shape index (κ3) is 3.77.